The molecule has 1 atom stereocenters. The third kappa shape index (κ3) is 1.44. The summed E-state index contributed by atoms with van der Waals surface area (Å²) in [6, 6.07) is 6.17. The monoisotopic (exact) mass is 239 g/mol. The molecule has 90 valence electrons. The Morgan fingerprint density at radius 1 is 1.11 bits per heavy atom. The molecule has 2 aromatic rings. The fourth-order valence-electron chi connectivity index (χ4n) is 2.56. The number of pyridine rings is 2. The second-order valence-electron chi connectivity index (χ2n) is 4.64. The highest BCUT2D eigenvalue weighted by molar-refractivity contribution is 5.56. The van der Waals surface area contributed by atoms with E-state index in [0.29, 0.717) is 0 Å². The zero-order chi connectivity index (χ0) is 11.9. The number of rotatable bonds is 0. The van der Waals surface area contributed by atoms with Crippen LogP contribution in [-0.4, -0.2) is 21.2 Å². The lowest BCUT2D eigenvalue weighted by atomic mass is 10.1. The van der Waals surface area contributed by atoms with Crippen molar-refractivity contribution in [2.45, 2.75) is 19.4 Å². The van der Waals surface area contributed by atoms with Crippen LogP contribution < -0.4 is 10.6 Å². The quantitative estimate of drug-likeness (QED) is 0.731. The zero-order valence-electron chi connectivity index (χ0n) is 9.80. The predicted octanol–water partition coefficient (Wildman–Crippen LogP) is 1.61. The van der Waals surface area contributed by atoms with Gasteiger partial charge in [-0.15, -0.1) is 0 Å². The average Bonchev–Trinajstić information content (AvgIpc) is 2.42. The van der Waals surface area contributed by atoms with Crippen molar-refractivity contribution in [1.29, 1.82) is 0 Å². The van der Waals surface area contributed by atoms with Crippen molar-refractivity contribution in [3.05, 3.63) is 47.9 Å². The minimum absolute atomic E-state index is 0.101. The number of nitrogens with one attached hydrogen (secondary N) is 2. The Bertz CT molecular complexity index is 494. The Hall–Kier alpha value is -2.14. The van der Waals surface area contributed by atoms with Gasteiger partial charge in [-0.1, -0.05) is 6.07 Å². The molecular formula is C13H13N5. The fourth-order valence-corrected chi connectivity index (χ4v) is 2.56. The first kappa shape index (κ1) is 9.85. The van der Waals surface area contributed by atoms with E-state index in [9.17, 15) is 0 Å². The van der Waals surface area contributed by atoms with Gasteiger partial charge in [0.2, 0.25) is 0 Å². The van der Waals surface area contributed by atoms with E-state index in [-0.39, 0.29) is 6.29 Å². The van der Waals surface area contributed by atoms with Gasteiger partial charge in [-0.3, -0.25) is 9.88 Å². The van der Waals surface area contributed by atoms with Gasteiger partial charge in [-0.25, -0.2) is 4.98 Å². The molecule has 0 radical (unpaired) electrons. The molecule has 5 heteroatoms. The number of anilines is 2. The molecule has 2 N–H and O–H groups in total. The van der Waals surface area contributed by atoms with Crippen LogP contribution in [0, 0.1) is 0 Å². The van der Waals surface area contributed by atoms with E-state index in [4.69, 9.17) is 0 Å². The first-order valence-electron chi connectivity index (χ1n) is 6.04. The molecule has 4 rings (SSSR count). The molecule has 2 aliphatic rings. The normalized spacial score (nSPS) is 21.0. The summed E-state index contributed by atoms with van der Waals surface area (Å²) in [7, 11) is 0. The molecule has 4 heterocycles. The average molecular weight is 239 g/mol. The van der Waals surface area contributed by atoms with Gasteiger partial charge in [0, 0.05) is 31.0 Å². The van der Waals surface area contributed by atoms with Crippen LogP contribution in [0.5, 0.6) is 0 Å². The molecule has 2 aliphatic heterocycles. The van der Waals surface area contributed by atoms with Gasteiger partial charge in [-0.05, 0) is 17.7 Å². The van der Waals surface area contributed by atoms with Crippen molar-refractivity contribution in [1.82, 2.24) is 14.9 Å². The van der Waals surface area contributed by atoms with Crippen LogP contribution in [0.25, 0.3) is 0 Å². The van der Waals surface area contributed by atoms with E-state index in [0.717, 1.165) is 24.6 Å². The first-order chi connectivity index (χ1) is 8.90. The largest absolute Gasteiger partial charge is 0.351 e. The minimum Gasteiger partial charge on any atom is -0.351 e. The molecule has 0 saturated heterocycles. The van der Waals surface area contributed by atoms with Crippen molar-refractivity contribution in [2.75, 3.05) is 10.6 Å². The van der Waals surface area contributed by atoms with Gasteiger partial charge in [-0.2, -0.15) is 0 Å². The lowest BCUT2D eigenvalue weighted by Crippen LogP contribution is -2.51. The van der Waals surface area contributed by atoms with Crippen molar-refractivity contribution in [3.63, 3.8) is 0 Å². The topological polar surface area (TPSA) is 53.1 Å². The Morgan fingerprint density at radius 2 is 2.06 bits per heavy atom. The van der Waals surface area contributed by atoms with Crippen LogP contribution in [0.15, 0.2) is 36.8 Å². The lowest BCUT2D eigenvalue weighted by molar-refractivity contribution is 0.197. The fraction of sp³-hybridized carbons (Fsp3) is 0.231. The summed E-state index contributed by atoms with van der Waals surface area (Å²) in [5.41, 5.74) is 3.63. The third-order valence-electron chi connectivity index (χ3n) is 3.48. The van der Waals surface area contributed by atoms with E-state index < -0.39 is 0 Å². The maximum atomic E-state index is 4.37. The van der Waals surface area contributed by atoms with Gasteiger partial charge in [0.1, 0.15) is 5.82 Å². The molecule has 0 saturated carbocycles. The summed E-state index contributed by atoms with van der Waals surface area (Å²) in [5.74, 6) is 0.971. The highest BCUT2D eigenvalue weighted by Crippen LogP contribution is 2.30. The molecule has 0 bridgehead atoms. The van der Waals surface area contributed by atoms with Crippen LogP contribution in [0.3, 0.4) is 0 Å². The first-order valence-corrected chi connectivity index (χ1v) is 6.04. The maximum Gasteiger partial charge on any atom is 0.157 e. The van der Waals surface area contributed by atoms with Crippen molar-refractivity contribution in [2.24, 2.45) is 0 Å². The highest BCUT2D eigenvalue weighted by atomic mass is 15.4. The Kier molecular flexibility index (Phi) is 2.01. The van der Waals surface area contributed by atoms with Crippen LogP contribution in [0.4, 0.5) is 11.5 Å². The Labute approximate surface area is 105 Å². The summed E-state index contributed by atoms with van der Waals surface area (Å²) in [6.45, 7) is 1.84. The smallest absolute Gasteiger partial charge is 0.157 e. The van der Waals surface area contributed by atoms with E-state index in [1.165, 1.54) is 11.1 Å². The standard InChI is InChI=1S/C13H13N5/c1-2-10-8-18-7-9-3-5-14-6-11(9)16-13(18)17-12(10)15-4-1/h1-6,13,16H,7-8H2,(H,15,17). The molecule has 5 nitrogen and oxygen atoms in total. The SMILES string of the molecule is c1cnc2c(c1)CN1Cc3ccncc3NC1N2. The van der Waals surface area contributed by atoms with Crippen molar-refractivity contribution in [3.8, 4) is 0 Å². The van der Waals surface area contributed by atoms with Crippen molar-refractivity contribution >= 4 is 11.5 Å². The second-order valence-corrected chi connectivity index (χ2v) is 4.64. The van der Waals surface area contributed by atoms with E-state index >= 15 is 0 Å². The Balaban J connectivity index is 1.70. The van der Waals surface area contributed by atoms with Crippen LogP contribution in [-0.2, 0) is 13.1 Å². The summed E-state index contributed by atoms with van der Waals surface area (Å²) in [4.78, 5) is 10.9. The van der Waals surface area contributed by atoms with Gasteiger partial charge in [0.05, 0.1) is 11.9 Å². The molecule has 0 aliphatic carbocycles. The number of nitrogens with zero attached hydrogens (tertiary/aromatic N) is 3. The summed E-state index contributed by atoms with van der Waals surface area (Å²) in [6.07, 6.45) is 5.64. The molecule has 18 heavy (non-hydrogen) atoms. The van der Waals surface area contributed by atoms with Gasteiger partial charge in [0.15, 0.2) is 6.29 Å². The second kappa shape index (κ2) is 3.68. The molecule has 0 aromatic carbocycles. The maximum absolute atomic E-state index is 4.37. The molecule has 0 spiro atoms. The summed E-state index contributed by atoms with van der Waals surface area (Å²) < 4.78 is 0. The molecule has 2 aromatic heterocycles. The van der Waals surface area contributed by atoms with Gasteiger partial charge >= 0.3 is 0 Å². The molecule has 0 fully saturated rings. The predicted molar refractivity (Wildman–Crippen MR) is 68.8 cm³/mol. The molecule has 1 unspecified atom stereocenters. The minimum atomic E-state index is 0.101. The van der Waals surface area contributed by atoms with Gasteiger partial charge in [0.25, 0.3) is 0 Å². The van der Waals surface area contributed by atoms with E-state index in [1.807, 2.05) is 24.7 Å². The van der Waals surface area contributed by atoms with Crippen LogP contribution in [0.1, 0.15) is 11.1 Å². The summed E-state index contributed by atoms with van der Waals surface area (Å²) in [5, 5.41) is 6.87. The summed E-state index contributed by atoms with van der Waals surface area (Å²) >= 11 is 0. The number of aromatic nitrogens is 2. The lowest BCUT2D eigenvalue weighted by Gasteiger charge is -2.41. The van der Waals surface area contributed by atoms with Crippen LogP contribution >= 0.6 is 0 Å². The number of fused-ring (bicyclic) bond motifs is 3. The molecular weight excluding hydrogens is 226 g/mol. The number of hydrogen-bond acceptors (Lipinski definition) is 5. The van der Waals surface area contributed by atoms with Gasteiger partial charge < -0.3 is 10.6 Å². The van der Waals surface area contributed by atoms with Crippen LogP contribution in [0.2, 0.25) is 0 Å². The van der Waals surface area contributed by atoms with Crippen molar-refractivity contribution < 1.29 is 0 Å². The number of hydrogen-bond donors (Lipinski definition) is 2. The van der Waals surface area contributed by atoms with E-state index in [1.54, 1.807) is 0 Å². The third-order valence-corrected chi connectivity index (χ3v) is 3.48. The molecule has 0 amide bonds. The Morgan fingerprint density at radius 3 is 3.06 bits per heavy atom. The zero-order valence-corrected chi connectivity index (χ0v) is 9.80. The van der Waals surface area contributed by atoms with E-state index in [2.05, 4.69) is 37.6 Å². The highest BCUT2D eigenvalue weighted by Gasteiger charge is 2.30.